The molecular weight excluding hydrogens is 208 g/mol. The molecule has 1 nitrogen and oxygen atoms in total. The molecule has 1 heteroatoms. The molecule has 0 heterocycles. The Bertz CT molecular complexity index is 549. The van der Waals surface area contributed by atoms with Gasteiger partial charge in [0, 0.05) is 12.0 Å². The average molecular weight is 224 g/mol. The first-order valence-corrected chi connectivity index (χ1v) is 5.85. The summed E-state index contributed by atoms with van der Waals surface area (Å²) in [4.78, 5) is 0. The predicted octanol–water partition coefficient (Wildman–Crippen LogP) is 3.80. The number of rotatable bonds is 4. The lowest BCUT2D eigenvalue weighted by Crippen LogP contribution is -1.94. The van der Waals surface area contributed by atoms with E-state index in [0.717, 1.165) is 25.0 Å². The molecule has 0 amide bonds. The Morgan fingerprint density at radius 3 is 2.76 bits per heavy atom. The second-order valence-electron chi connectivity index (χ2n) is 4.03. The molecule has 0 aliphatic heterocycles. The van der Waals surface area contributed by atoms with Crippen LogP contribution in [0.4, 0.5) is 0 Å². The zero-order valence-corrected chi connectivity index (χ0v) is 10.1. The Labute approximate surface area is 102 Å². The molecule has 2 aromatic carbocycles. The lowest BCUT2D eigenvalue weighted by atomic mass is 9.99. The van der Waals surface area contributed by atoms with Crippen molar-refractivity contribution in [3.63, 3.8) is 0 Å². The van der Waals surface area contributed by atoms with Gasteiger partial charge in [-0.15, -0.1) is 12.3 Å². The minimum absolute atomic E-state index is 0.812. The summed E-state index contributed by atoms with van der Waals surface area (Å²) in [5.74, 6) is 3.64. The van der Waals surface area contributed by atoms with E-state index in [9.17, 15) is 0 Å². The highest BCUT2D eigenvalue weighted by Gasteiger charge is 2.07. The molecule has 0 spiro atoms. The number of fused-ring (bicyclic) bond motifs is 1. The maximum atomic E-state index is 5.43. The zero-order valence-electron chi connectivity index (χ0n) is 10.1. The van der Waals surface area contributed by atoms with E-state index in [1.54, 1.807) is 7.11 Å². The summed E-state index contributed by atoms with van der Waals surface area (Å²) in [5.41, 5.74) is 1.26. The lowest BCUT2D eigenvalue weighted by molar-refractivity contribution is 0.410. The van der Waals surface area contributed by atoms with Crippen LogP contribution >= 0.6 is 0 Å². The Balaban J connectivity index is 2.44. The predicted molar refractivity (Wildman–Crippen MR) is 72.3 cm³/mol. The van der Waals surface area contributed by atoms with Crippen LogP contribution in [0.3, 0.4) is 0 Å². The first-order valence-electron chi connectivity index (χ1n) is 5.85. The van der Waals surface area contributed by atoms with E-state index in [4.69, 9.17) is 11.2 Å². The van der Waals surface area contributed by atoms with Crippen LogP contribution in [0.2, 0.25) is 0 Å². The largest absolute Gasteiger partial charge is 0.496 e. The summed E-state index contributed by atoms with van der Waals surface area (Å²) in [6.45, 7) is 0. The van der Waals surface area contributed by atoms with Crippen molar-refractivity contribution >= 4 is 10.8 Å². The van der Waals surface area contributed by atoms with Crippen LogP contribution < -0.4 is 4.74 Å². The van der Waals surface area contributed by atoms with E-state index < -0.39 is 0 Å². The highest BCUT2D eigenvalue weighted by atomic mass is 16.5. The molecule has 0 aromatic heterocycles. The van der Waals surface area contributed by atoms with Crippen molar-refractivity contribution < 1.29 is 4.74 Å². The van der Waals surface area contributed by atoms with Crippen molar-refractivity contribution in [1.82, 2.24) is 0 Å². The van der Waals surface area contributed by atoms with Gasteiger partial charge in [0.25, 0.3) is 0 Å². The first kappa shape index (κ1) is 11.5. The number of terminal acetylenes is 1. The standard InChI is InChI=1S/C16H16O/c1-3-4-5-10-15-14-9-7-6-8-13(14)11-12-16(15)17-2/h1,6-9,11-12H,4-5,10H2,2H3. The highest BCUT2D eigenvalue weighted by Crippen LogP contribution is 2.29. The molecule has 0 bridgehead atoms. The smallest absolute Gasteiger partial charge is 0.122 e. The van der Waals surface area contributed by atoms with E-state index in [1.165, 1.54) is 16.3 Å². The fourth-order valence-corrected chi connectivity index (χ4v) is 2.13. The van der Waals surface area contributed by atoms with Crippen LogP contribution in [-0.4, -0.2) is 7.11 Å². The van der Waals surface area contributed by atoms with Gasteiger partial charge < -0.3 is 4.74 Å². The first-order chi connectivity index (χ1) is 8.36. The zero-order chi connectivity index (χ0) is 12.1. The van der Waals surface area contributed by atoms with Gasteiger partial charge in [0.2, 0.25) is 0 Å². The molecule has 17 heavy (non-hydrogen) atoms. The molecule has 0 radical (unpaired) electrons. The third kappa shape index (κ3) is 2.42. The van der Waals surface area contributed by atoms with Crippen molar-refractivity contribution in [3.05, 3.63) is 42.0 Å². The third-order valence-corrected chi connectivity index (χ3v) is 2.97. The van der Waals surface area contributed by atoms with Crippen molar-refractivity contribution in [2.75, 3.05) is 7.11 Å². The number of hydrogen-bond acceptors (Lipinski definition) is 1. The number of aryl methyl sites for hydroxylation is 1. The monoisotopic (exact) mass is 224 g/mol. The van der Waals surface area contributed by atoms with E-state index in [2.05, 4.69) is 36.3 Å². The minimum atomic E-state index is 0.812. The molecule has 86 valence electrons. The van der Waals surface area contributed by atoms with E-state index in [0.29, 0.717) is 0 Å². The van der Waals surface area contributed by atoms with Crippen molar-refractivity contribution in [1.29, 1.82) is 0 Å². The molecule has 0 saturated carbocycles. The Hall–Kier alpha value is -1.94. The van der Waals surface area contributed by atoms with Crippen molar-refractivity contribution in [2.24, 2.45) is 0 Å². The molecule has 0 aliphatic rings. The number of ether oxygens (including phenoxy) is 1. The fraction of sp³-hybridized carbons (Fsp3) is 0.250. The second-order valence-corrected chi connectivity index (χ2v) is 4.03. The molecule has 0 aliphatic carbocycles. The summed E-state index contributed by atoms with van der Waals surface area (Å²) < 4.78 is 5.43. The van der Waals surface area contributed by atoms with Gasteiger partial charge in [-0.3, -0.25) is 0 Å². The van der Waals surface area contributed by atoms with Gasteiger partial charge in [-0.2, -0.15) is 0 Å². The van der Waals surface area contributed by atoms with Crippen LogP contribution in [0.5, 0.6) is 5.75 Å². The van der Waals surface area contributed by atoms with E-state index >= 15 is 0 Å². The van der Waals surface area contributed by atoms with Crippen LogP contribution in [0.15, 0.2) is 36.4 Å². The number of methoxy groups -OCH3 is 1. The molecule has 0 saturated heterocycles. The topological polar surface area (TPSA) is 9.23 Å². The molecule has 0 unspecified atom stereocenters. The van der Waals surface area contributed by atoms with E-state index in [1.807, 2.05) is 6.07 Å². The average Bonchev–Trinajstić information content (AvgIpc) is 2.39. The lowest BCUT2D eigenvalue weighted by Gasteiger charge is -2.11. The highest BCUT2D eigenvalue weighted by molar-refractivity contribution is 5.87. The van der Waals surface area contributed by atoms with Gasteiger partial charge in [0.05, 0.1) is 7.11 Å². The van der Waals surface area contributed by atoms with Gasteiger partial charge >= 0.3 is 0 Å². The maximum Gasteiger partial charge on any atom is 0.122 e. The summed E-state index contributed by atoms with van der Waals surface area (Å²) in [6, 6.07) is 12.5. The molecule has 2 rings (SSSR count). The SMILES string of the molecule is C#CCCCc1c(OC)ccc2ccccc12. The molecule has 0 atom stereocenters. The van der Waals surface area contributed by atoms with Crippen molar-refractivity contribution in [2.45, 2.75) is 19.3 Å². The summed E-state index contributed by atoms with van der Waals surface area (Å²) in [6.07, 6.45) is 8.07. The van der Waals surface area contributed by atoms with Gasteiger partial charge in [-0.05, 0) is 29.7 Å². The van der Waals surface area contributed by atoms with Gasteiger partial charge in [0.1, 0.15) is 5.75 Å². The molecule has 0 fully saturated rings. The van der Waals surface area contributed by atoms with Gasteiger partial charge in [-0.1, -0.05) is 30.3 Å². The molecule has 2 aromatic rings. The third-order valence-electron chi connectivity index (χ3n) is 2.97. The van der Waals surface area contributed by atoms with Gasteiger partial charge in [0.15, 0.2) is 0 Å². The second kappa shape index (κ2) is 5.41. The van der Waals surface area contributed by atoms with Crippen LogP contribution in [-0.2, 0) is 6.42 Å². The number of hydrogen-bond donors (Lipinski definition) is 0. The maximum absolute atomic E-state index is 5.43. The molecule has 0 N–H and O–H groups in total. The van der Waals surface area contributed by atoms with Crippen LogP contribution in [0.25, 0.3) is 10.8 Å². The summed E-state index contributed by atoms with van der Waals surface area (Å²) >= 11 is 0. The Kier molecular flexibility index (Phi) is 3.67. The number of benzene rings is 2. The molecular formula is C16H16O. The van der Waals surface area contributed by atoms with Gasteiger partial charge in [-0.25, -0.2) is 0 Å². The minimum Gasteiger partial charge on any atom is -0.496 e. The fourth-order valence-electron chi connectivity index (χ4n) is 2.13. The van der Waals surface area contributed by atoms with Crippen LogP contribution in [0.1, 0.15) is 18.4 Å². The van der Waals surface area contributed by atoms with E-state index in [-0.39, 0.29) is 0 Å². The number of unbranched alkanes of at least 4 members (excludes halogenated alkanes) is 1. The summed E-state index contributed by atoms with van der Waals surface area (Å²) in [5, 5.41) is 2.52. The normalized spacial score (nSPS) is 10.1. The quantitative estimate of drug-likeness (QED) is 0.567. The Morgan fingerprint density at radius 2 is 2.00 bits per heavy atom. The Morgan fingerprint density at radius 1 is 1.18 bits per heavy atom. The summed E-state index contributed by atoms with van der Waals surface area (Å²) in [7, 11) is 1.72. The van der Waals surface area contributed by atoms with Crippen LogP contribution in [0, 0.1) is 12.3 Å². The van der Waals surface area contributed by atoms with Crippen molar-refractivity contribution in [3.8, 4) is 18.1 Å².